The molecule has 5 nitrogen and oxygen atoms in total. The Hall–Kier alpha value is -0.330. The van der Waals surface area contributed by atoms with Crippen LogP contribution in [0.3, 0.4) is 0 Å². The summed E-state index contributed by atoms with van der Waals surface area (Å²) in [6, 6.07) is 0. The largest absolute Gasteiger partial charge is 0.342 e. The maximum absolute atomic E-state index is 11.4. The molecule has 0 aliphatic rings. The summed E-state index contributed by atoms with van der Waals surface area (Å²) in [5, 5.41) is 0. The van der Waals surface area contributed by atoms with E-state index in [1.54, 1.807) is 4.90 Å². The zero-order valence-corrected chi connectivity index (χ0v) is 10.6. The number of carbonyl (C=O) groups excluding carboxylic acids is 1. The van der Waals surface area contributed by atoms with Gasteiger partial charge in [0, 0.05) is 19.0 Å². The lowest BCUT2D eigenvalue weighted by molar-refractivity contribution is -0.129. The molecular formula is C8H17ClN2O3S. The minimum absolute atomic E-state index is 0.0226. The SMILES string of the molecule is CCN(CC)C(=O)CNS(=O)(=O)CCCl. The number of hydrogen-bond donors (Lipinski definition) is 1. The Bertz CT molecular complexity index is 288. The first-order chi connectivity index (χ1) is 6.96. The van der Waals surface area contributed by atoms with Crippen LogP contribution >= 0.6 is 11.6 Å². The minimum atomic E-state index is -3.41. The minimum Gasteiger partial charge on any atom is -0.342 e. The first-order valence-corrected chi connectivity index (χ1v) is 6.96. The molecule has 0 bridgehead atoms. The lowest BCUT2D eigenvalue weighted by Gasteiger charge is -2.18. The van der Waals surface area contributed by atoms with E-state index in [1.807, 2.05) is 13.8 Å². The lowest BCUT2D eigenvalue weighted by atomic mass is 10.4. The highest BCUT2D eigenvalue weighted by molar-refractivity contribution is 7.89. The topological polar surface area (TPSA) is 66.5 Å². The van der Waals surface area contributed by atoms with Crippen LogP contribution < -0.4 is 4.72 Å². The fourth-order valence-electron chi connectivity index (χ4n) is 1.03. The van der Waals surface area contributed by atoms with Gasteiger partial charge in [0.05, 0.1) is 12.3 Å². The molecule has 0 aliphatic carbocycles. The molecule has 15 heavy (non-hydrogen) atoms. The van der Waals surface area contributed by atoms with Crippen molar-refractivity contribution in [2.24, 2.45) is 0 Å². The molecule has 0 aliphatic heterocycles. The fraction of sp³-hybridized carbons (Fsp3) is 0.875. The van der Waals surface area contributed by atoms with Gasteiger partial charge in [0.1, 0.15) is 0 Å². The molecule has 7 heteroatoms. The second-order valence-electron chi connectivity index (χ2n) is 2.89. The molecule has 0 heterocycles. The monoisotopic (exact) mass is 256 g/mol. The third-order valence-electron chi connectivity index (χ3n) is 1.91. The number of alkyl halides is 1. The summed E-state index contributed by atoms with van der Waals surface area (Å²) in [5.41, 5.74) is 0. The molecule has 0 spiro atoms. The van der Waals surface area contributed by atoms with Gasteiger partial charge in [-0.1, -0.05) is 0 Å². The second kappa shape index (κ2) is 7.03. The average Bonchev–Trinajstić information content (AvgIpc) is 2.17. The van der Waals surface area contributed by atoms with Crippen molar-refractivity contribution in [1.82, 2.24) is 9.62 Å². The number of nitrogens with one attached hydrogen (secondary N) is 1. The van der Waals surface area contributed by atoms with Crippen LogP contribution in [-0.4, -0.2) is 50.5 Å². The summed E-state index contributed by atoms with van der Waals surface area (Å²) in [7, 11) is -3.41. The van der Waals surface area contributed by atoms with E-state index >= 15 is 0 Å². The van der Waals surface area contributed by atoms with Crippen molar-refractivity contribution in [3.05, 3.63) is 0 Å². The van der Waals surface area contributed by atoms with Gasteiger partial charge in [0.15, 0.2) is 0 Å². The standard InChI is InChI=1S/C8H17ClN2O3S/c1-3-11(4-2)8(12)7-10-15(13,14)6-5-9/h10H,3-7H2,1-2H3. The zero-order chi connectivity index (χ0) is 11.9. The van der Waals surface area contributed by atoms with Crippen molar-refractivity contribution in [3.63, 3.8) is 0 Å². The summed E-state index contributed by atoms with van der Waals surface area (Å²) in [5.74, 6) is -0.368. The summed E-state index contributed by atoms with van der Waals surface area (Å²) in [6.45, 7) is 4.64. The van der Waals surface area contributed by atoms with E-state index in [0.717, 1.165) is 0 Å². The Balaban J connectivity index is 4.10. The number of halogens is 1. The van der Waals surface area contributed by atoms with Gasteiger partial charge >= 0.3 is 0 Å². The predicted octanol–water partition coefficient (Wildman–Crippen LogP) is 0.0130. The van der Waals surface area contributed by atoms with Crippen molar-refractivity contribution in [2.75, 3.05) is 31.3 Å². The molecule has 0 aromatic carbocycles. The van der Waals surface area contributed by atoms with Crippen molar-refractivity contribution in [1.29, 1.82) is 0 Å². The van der Waals surface area contributed by atoms with E-state index < -0.39 is 10.0 Å². The smallest absolute Gasteiger partial charge is 0.237 e. The lowest BCUT2D eigenvalue weighted by Crippen LogP contribution is -2.40. The first-order valence-electron chi connectivity index (χ1n) is 4.77. The summed E-state index contributed by atoms with van der Waals surface area (Å²) in [4.78, 5) is 13.0. The van der Waals surface area contributed by atoms with Gasteiger partial charge in [-0.2, -0.15) is 0 Å². The molecular weight excluding hydrogens is 240 g/mol. The molecule has 0 fully saturated rings. The molecule has 0 atom stereocenters. The van der Waals surface area contributed by atoms with Gasteiger partial charge in [-0.3, -0.25) is 4.79 Å². The molecule has 1 N–H and O–H groups in total. The van der Waals surface area contributed by atoms with E-state index in [-0.39, 0.29) is 24.1 Å². The molecule has 0 aromatic heterocycles. The Kier molecular flexibility index (Phi) is 6.87. The summed E-state index contributed by atoms with van der Waals surface area (Å²) in [6.07, 6.45) is 0. The fourth-order valence-corrected chi connectivity index (χ4v) is 2.33. The first kappa shape index (κ1) is 14.7. The summed E-state index contributed by atoms with van der Waals surface area (Å²) >= 11 is 5.30. The number of sulfonamides is 1. The molecule has 0 radical (unpaired) electrons. The van der Waals surface area contributed by atoms with Crippen LogP contribution in [0.25, 0.3) is 0 Å². The van der Waals surface area contributed by atoms with Crippen LogP contribution in [0.2, 0.25) is 0 Å². The molecule has 1 amide bonds. The van der Waals surface area contributed by atoms with Gasteiger partial charge in [0.25, 0.3) is 0 Å². The van der Waals surface area contributed by atoms with Crippen molar-refractivity contribution in [2.45, 2.75) is 13.8 Å². The Labute approximate surface area is 95.8 Å². The van der Waals surface area contributed by atoms with E-state index in [2.05, 4.69) is 4.72 Å². The summed E-state index contributed by atoms with van der Waals surface area (Å²) < 4.78 is 24.5. The van der Waals surface area contributed by atoms with Gasteiger partial charge in [-0.25, -0.2) is 13.1 Å². The van der Waals surface area contributed by atoms with Crippen LogP contribution in [0.4, 0.5) is 0 Å². The van der Waals surface area contributed by atoms with Crippen LogP contribution in [0.1, 0.15) is 13.8 Å². The molecule has 90 valence electrons. The Morgan fingerprint density at radius 2 is 1.87 bits per heavy atom. The number of rotatable bonds is 7. The number of carbonyl (C=O) groups is 1. The van der Waals surface area contributed by atoms with Crippen LogP contribution in [0.15, 0.2) is 0 Å². The van der Waals surface area contributed by atoms with Crippen LogP contribution in [0.5, 0.6) is 0 Å². The molecule has 0 saturated heterocycles. The normalized spacial score (nSPS) is 11.4. The Morgan fingerprint density at radius 1 is 1.33 bits per heavy atom. The molecule has 0 saturated carbocycles. The van der Waals surface area contributed by atoms with Crippen molar-refractivity contribution >= 4 is 27.5 Å². The van der Waals surface area contributed by atoms with E-state index in [9.17, 15) is 13.2 Å². The molecule has 0 aromatic rings. The molecule has 0 unspecified atom stereocenters. The maximum atomic E-state index is 11.4. The zero-order valence-electron chi connectivity index (χ0n) is 8.99. The quantitative estimate of drug-likeness (QED) is 0.653. The number of hydrogen-bond acceptors (Lipinski definition) is 3. The third-order valence-corrected chi connectivity index (χ3v) is 3.64. The highest BCUT2D eigenvalue weighted by Gasteiger charge is 2.14. The van der Waals surface area contributed by atoms with Crippen LogP contribution in [-0.2, 0) is 14.8 Å². The van der Waals surface area contributed by atoms with Crippen molar-refractivity contribution in [3.8, 4) is 0 Å². The van der Waals surface area contributed by atoms with Crippen molar-refractivity contribution < 1.29 is 13.2 Å². The van der Waals surface area contributed by atoms with Gasteiger partial charge in [-0.15, -0.1) is 11.6 Å². The molecule has 0 rings (SSSR count). The third kappa shape index (κ3) is 5.96. The second-order valence-corrected chi connectivity index (χ2v) is 5.20. The Morgan fingerprint density at radius 3 is 2.27 bits per heavy atom. The number of likely N-dealkylation sites (N-methyl/N-ethyl adjacent to an activating group) is 1. The highest BCUT2D eigenvalue weighted by Crippen LogP contribution is 1.90. The van der Waals surface area contributed by atoms with E-state index in [1.165, 1.54) is 0 Å². The average molecular weight is 257 g/mol. The predicted molar refractivity (Wildman–Crippen MR) is 60.4 cm³/mol. The van der Waals surface area contributed by atoms with Gasteiger partial charge < -0.3 is 4.90 Å². The number of nitrogens with zero attached hydrogens (tertiary/aromatic N) is 1. The maximum Gasteiger partial charge on any atom is 0.237 e. The van der Waals surface area contributed by atoms with E-state index in [0.29, 0.717) is 13.1 Å². The van der Waals surface area contributed by atoms with Gasteiger partial charge in [-0.05, 0) is 13.8 Å². The van der Waals surface area contributed by atoms with E-state index in [4.69, 9.17) is 11.6 Å². The van der Waals surface area contributed by atoms with Gasteiger partial charge in [0.2, 0.25) is 15.9 Å². The highest BCUT2D eigenvalue weighted by atomic mass is 35.5. The number of amides is 1. The van der Waals surface area contributed by atoms with Crippen LogP contribution in [0, 0.1) is 0 Å².